The van der Waals surface area contributed by atoms with Crippen LogP contribution in [0.1, 0.15) is 0 Å². The molecule has 0 radical (unpaired) electrons. The minimum absolute atomic E-state index is 0.143. The molecule has 1 aliphatic rings. The lowest BCUT2D eigenvalue weighted by Crippen LogP contribution is -2.50. The summed E-state index contributed by atoms with van der Waals surface area (Å²) in [6.45, 7) is 0.217. The second-order valence-corrected chi connectivity index (χ2v) is 7.66. The fourth-order valence-corrected chi connectivity index (χ4v) is 4.69. The van der Waals surface area contributed by atoms with Crippen molar-refractivity contribution in [2.45, 2.75) is 4.21 Å². The summed E-state index contributed by atoms with van der Waals surface area (Å²) in [4.78, 5) is 23.3. The van der Waals surface area contributed by atoms with E-state index in [9.17, 15) is 23.3 Å². The van der Waals surface area contributed by atoms with Gasteiger partial charge in [0, 0.05) is 33.3 Å². The van der Waals surface area contributed by atoms with E-state index < -0.39 is 14.9 Å². The number of likely N-dealkylation sites (N-methyl/N-ethyl adjacent to an activating group) is 1. The second kappa shape index (κ2) is 5.58. The van der Waals surface area contributed by atoms with Gasteiger partial charge in [-0.2, -0.15) is 4.31 Å². The molecule has 11 heteroatoms. The standard InChI is InChI=1S/C10H14N4O5S2/c1-11-10-7(14(16)17)5-9(20-10)21(18,19)13-4-3-12(2)8(15)6-13/h5,11H,3-4,6H2,1-2H3. The summed E-state index contributed by atoms with van der Waals surface area (Å²) >= 11 is 0.783. The maximum Gasteiger partial charge on any atom is 0.304 e. The van der Waals surface area contributed by atoms with Crippen LogP contribution in [0.15, 0.2) is 10.3 Å². The summed E-state index contributed by atoms with van der Waals surface area (Å²) in [5, 5.41) is 13.7. The van der Waals surface area contributed by atoms with Crippen LogP contribution in [-0.2, 0) is 14.8 Å². The number of carbonyl (C=O) groups is 1. The molecule has 2 rings (SSSR count). The van der Waals surface area contributed by atoms with Crippen molar-refractivity contribution in [3.63, 3.8) is 0 Å². The Morgan fingerprint density at radius 2 is 2.10 bits per heavy atom. The minimum Gasteiger partial charge on any atom is -0.374 e. The zero-order valence-corrected chi connectivity index (χ0v) is 13.0. The van der Waals surface area contributed by atoms with Gasteiger partial charge >= 0.3 is 5.69 Å². The molecule has 0 spiro atoms. The molecule has 1 saturated heterocycles. The van der Waals surface area contributed by atoms with Crippen LogP contribution in [0, 0.1) is 10.1 Å². The Balaban J connectivity index is 2.36. The molecule has 21 heavy (non-hydrogen) atoms. The number of anilines is 1. The highest BCUT2D eigenvalue weighted by atomic mass is 32.2. The second-order valence-electron chi connectivity index (χ2n) is 4.44. The topological polar surface area (TPSA) is 113 Å². The van der Waals surface area contributed by atoms with E-state index in [2.05, 4.69) is 5.32 Å². The van der Waals surface area contributed by atoms with Crippen molar-refractivity contribution >= 4 is 38.0 Å². The first-order chi connectivity index (χ1) is 9.77. The van der Waals surface area contributed by atoms with E-state index >= 15 is 0 Å². The smallest absolute Gasteiger partial charge is 0.304 e. The lowest BCUT2D eigenvalue weighted by Gasteiger charge is -2.30. The van der Waals surface area contributed by atoms with Crippen LogP contribution in [0.3, 0.4) is 0 Å². The fraction of sp³-hybridized carbons (Fsp3) is 0.500. The van der Waals surface area contributed by atoms with Gasteiger partial charge in [0.15, 0.2) is 5.00 Å². The van der Waals surface area contributed by atoms with E-state index in [0.29, 0.717) is 6.54 Å². The summed E-state index contributed by atoms with van der Waals surface area (Å²) < 4.78 is 25.8. The average Bonchev–Trinajstić information content (AvgIpc) is 2.86. The third-order valence-corrected chi connectivity index (χ3v) is 6.57. The molecular weight excluding hydrogens is 320 g/mol. The molecule has 1 N–H and O–H groups in total. The Morgan fingerprint density at radius 1 is 1.43 bits per heavy atom. The van der Waals surface area contributed by atoms with E-state index in [1.54, 1.807) is 7.05 Å². The number of piperazine rings is 1. The van der Waals surface area contributed by atoms with Crippen LogP contribution in [0.5, 0.6) is 0 Å². The van der Waals surface area contributed by atoms with Crippen LogP contribution in [0.4, 0.5) is 10.7 Å². The summed E-state index contributed by atoms with van der Waals surface area (Å²) in [5.74, 6) is -0.301. The van der Waals surface area contributed by atoms with Crippen molar-refractivity contribution in [3.8, 4) is 0 Å². The highest BCUT2D eigenvalue weighted by Crippen LogP contribution is 2.37. The van der Waals surface area contributed by atoms with Gasteiger partial charge < -0.3 is 10.2 Å². The lowest BCUT2D eigenvalue weighted by atomic mass is 10.4. The van der Waals surface area contributed by atoms with Crippen molar-refractivity contribution in [3.05, 3.63) is 16.2 Å². The lowest BCUT2D eigenvalue weighted by molar-refractivity contribution is -0.383. The third-order valence-electron chi connectivity index (χ3n) is 3.13. The SMILES string of the molecule is CNc1sc(S(=O)(=O)N2CCN(C)C(=O)C2)cc1[N+](=O)[O-]. The molecule has 0 aromatic carbocycles. The molecule has 0 bridgehead atoms. The van der Waals surface area contributed by atoms with E-state index in [-0.39, 0.29) is 33.9 Å². The van der Waals surface area contributed by atoms with Gasteiger partial charge in [-0.3, -0.25) is 14.9 Å². The van der Waals surface area contributed by atoms with Gasteiger partial charge in [-0.05, 0) is 0 Å². The first-order valence-corrected chi connectivity index (χ1v) is 8.23. The minimum atomic E-state index is -3.90. The van der Waals surface area contributed by atoms with Crippen LogP contribution >= 0.6 is 11.3 Å². The Bertz CT molecular complexity index is 684. The average molecular weight is 334 g/mol. The molecule has 1 fully saturated rings. The van der Waals surface area contributed by atoms with Gasteiger partial charge in [-0.25, -0.2) is 8.42 Å². The molecule has 116 valence electrons. The Labute approximate surface area is 125 Å². The predicted molar refractivity (Wildman–Crippen MR) is 76.9 cm³/mol. The summed E-state index contributed by atoms with van der Waals surface area (Å²) in [5.41, 5.74) is -0.290. The van der Waals surface area contributed by atoms with Crippen molar-refractivity contribution in [1.29, 1.82) is 0 Å². The zero-order valence-electron chi connectivity index (χ0n) is 11.4. The zero-order chi connectivity index (χ0) is 15.8. The first kappa shape index (κ1) is 15.7. The van der Waals surface area contributed by atoms with Crippen molar-refractivity contribution in [2.24, 2.45) is 0 Å². The number of carbonyl (C=O) groups excluding carboxylic acids is 1. The molecule has 0 aliphatic carbocycles. The number of nitro groups is 1. The number of nitrogens with one attached hydrogen (secondary N) is 1. The molecule has 2 heterocycles. The molecule has 1 aromatic rings. The highest BCUT2D eigenvalue weighted by molar-refractivity contribution is 7.91. The summed E-state index contributed by atoms with van der Waals surface area (Å²) in [6.07, 6.45) is 0. The fourth-order valence-electron chi connectivity index (χ4n) is 1.87. The molecular formula is C10H14N4O5S2. The quantitative estimate of drug-likeness (QED) is 0.620. The summed E-state index contributed by atoms with van der Waals surface area (Å²) in [6, 6.07) is 1.02. The molecule has 1 aliphatic heterocycles. The molecule has 0 saturated carbocycles. The van der Waals surface area contributed by atoms with E-state index in [1.807, 2.05) is 0 Å². The molecule has 0 atom stereocenters. The van der Waals surface area contributed by atoms with Crippen molar-refractivity contribution in [2.75, 3.05) is 39.0 Å². The van der Waals surface area contributed by atoms with E-state index in [4.69, 9.17) is 0 Å². The van der Waals surface area contributed by atoms with Crippen LogP contribution < -0.4 is 5.32 Å². The normalized spacial score (nSPS) is 17.0. The van der Waals surface area contributed by atoms with Gasteiger partial charge in [0.2, 0.25) is 5.91 Å². The summed E-state index contributed by atoms with van der Waals surface area (Å²) in [7, 11) is -0.824. The third kappa shape index (κ3) is 2.84. The predicted octanol–water partition coefficient (Wildman–Crippen LogP) is 0.161. The Kier molecular flexibility index (Phi) is 4.16. The molecule has 9 nitrogen and oxygen atoms in total. The monoisotopic (exact) mass is 334 g/mol. The Hall–Kier alpha value is -1.72. The molecule has 0 unspecified atom stereocenters. The Morgan fingerprint density at radius 3 is 2.57 bits per heavy atom. The van der Waals surface area contributed by atoms with Crippen molar-refractivity contribution < 1.29 is 18.1 Å². The number of hydrogen-bond donors (Lipinski definition) is 1. The van der Waals surface area contributed by atoms with Gasteiger partial charge in [0.1, 0.15) is 4.21 Å². The maximum absolute atomic E-state index is 12.5. The number of thiophene rings is 1. The van der Waals surface area contributed by atoms with Gasteiger partial charge in [0.05, 0.1) is 11.5 Å². The molecule has 1 aromatic heterocycles. The number of amides is 1. The number of nitrogens with zero attached hydrogens (tertiary/aromatic N) is 3. The van der Waals surface area contributed by atoms with Crippen molar-refractivity contribution in [1.82, 2.24) is 9.21 Å². The number of sulfonamides is 1. The van der Waals surface area contributed by atoms with Crippen LogP contribution in [-0.4, -0.2) is 62.2 Å². The maximum atomic E-state index is 12.5. The highest BCUT2D eigenvalue weighted by Gasteiger charge is 2.34. The molecule has 1 amide bonds. The van der Waals surface area contributed by atoms with Gasteiger partial charge in [0.25, 0.3) is 10.0 Å². The van der Waals surface area contributed by atoms with Crippen LogP contribution in [0.25, 0.3) is 0 Å². The number of rotatable bonds is 4. The van der Waals surface area contributed by atoms with Gasteiger partial charge in [-0.1, -0.05) is 11.3 Å². The van der Waals surface area contributed by atoms with Gasteiger partial charge in [-0.15, -0.1) is 0 Å². The largest absolute Gasteiger partial charge is 0.374 e. The van der Waals surface area contributed by atoms with E-state index in [1.165, 1.54) is 11.9 Å². The first-order valence-electron chi connectivity index (χ1n) is 5.97. The number of hydrogen-bond acceptors (Lipinski definition) is 7. The van der Waals surface area contributed by atoms with Crippen LogP contribution in [0.2, 0.25) is 0 Å². The van der Waals surface area contributed by atoms with E-state index in [0.717, 1.165) is 21.7 Å².